The standard InChI is InChI=1S/C23H32ClN3O2S/c1-5-15-26-21-14-13-20(30(28,29)25(7-3)8-4)16-22(21)27(23(26)6-2)17-18-9-11-19(24)12-10-18/h9-14,16,23H,5-8,15,17H2,1-4H3. The monoisotopic (exact) mass is 449 g/mol. The zero-order valence-corrected chi connectivity index (χ0v) is 19.9. The maximum absolute atomic E-state index is 13.1. The normalized spacial score (nSPS) is 16.4. The largest absolute Gasteiger partial charge is 0.350 e. The Hall–Kier alpha value is -1.76. The molecule has 30 heavy (non-hydrogen) atoms. The summed E-state index contributed by atoms with van der Waals surface area (Å²) in [6.45, 7) is 10.7. The molecule has 1 aliphatic rings. The molecule has 0 radical (unpaired) electrons. The van der Waals surface area contributed by atoms with Crippen LogP contribution in [0, 0.1) is 0 Å². The zero-order valence-electron chi connectivity index (χ0n) is 18.3. The Morgan fingerprint density at radius 2 is 1.60 bits per heavy atom. The number of hydrogen-bond acceptors (Lipinski definition) is 4. The lowest BCUT2D eigenvalue weighted by atomic mass is 10.2. The highest BCUT2D eigenvalue weighted by Gasteiger charge is 2.35. The molecule has 0 N–H and O–H groups in total. The van der Waals surface area contributed by atoms with Crippen molar-refractivity contribution in [1.29, 1.82) is 0 Å². The highest BCUT2D eigenvalue weighted by molar-refractivity contribution is 7.89. The number of halogens is 1. The minimum absolute atomic E-state index is 0.196. The van der Waals surface area contributed by atoms with Crippen LogP contribution in [0.5, 0.6) is 0 Å². The predicted octanol–water partition coefficient (Wildman–Crippen LogP) is 5.34. The molecule has 0 aromatic heterocycles. The van der Waals surface area contributed by atoms with Crippen molar-refractivity contribution >= 4 is 33.0 Å². The van der Waals surface area contributed by atoms with Crippen molar-refractivity contribution in [2.75, 3.05) is 29.4 Å². The number of fused-ring (bicyclic) bond motifs is 1. The van der Waals surface area contributed by atoms with Crippen molar-refractivity contribution in [3.05, 3.63) is 53.1 Å². The summed E-state index contributed by atoms with van der Waals surface area (Å²) >= 11 is 6.06. The van der Waals surface area contributed by atoms with Crippen LogP contribution < -0.4 is 9.80 Å². The van der Waals surface area contributed by atoms with E-state index in [1.807, 2.05) is 50.2 Å². The molecule has 0 spiro atoms. The molecule has 0 aliphatic carbocycles. The Balaban J connectivity index is 2.07. The van der Waals surface area contributed by atoms with Gasteiger partial charge in [0.1, 0.15) is 6.17 Å². The van der Waals surface area contributed by atoms with Crippen LogP contribution in [0.4, 0.5) is 11.4 Å². The van der Waals surface area contributed by atoms with E-state index in [1.165, 1.54) is 4.31 Å². The molecule has 2 aromatic rings. The van der Waals surface area contributed by atoms with Gasteiger partial charge >= 0.3 is 0 Å². The van der Waals surface area contributed by atoms with E-state index in [9.17, 15) is 8.42 Å². The van der Waals surface area contributed by atoms with E-state index >= 15 is 0 Å². The van der Waals surface area contributed by atoms with E-state index in [0.29, 0.717) is 29.6 Å². The van der Waals surface area contributed by atoms with E-state index in [0.717, 1.165) is 36.3 Å². The highest BCUT2D eigenvalue weighted by Crippen LogP contribution is 2.43. The Morgan fingerprint density at radius 1 is 0.933 bits per heavy atom. The van der Waals surface area contributed by atoms with Gasteiger partial charge < -0.3 is 9.80 Å². The van der Waals surface area contributed by atoms with E-state index in [2.05, 4.69) is 23.6 Å². The lowest BCUT2D eigenvalue weighted by Gasteiger charge is -2.32. The Labute approximate surface area is 186 Å². The fraction of sp³-hybridized carbons (Fsp3) is 0.478. The van der Waals surface area contributed by atoms with Crippen molar-refractivity contribution in [2.24, 2.45) is 0 Å². The fourth-order valence-electron chi connectivity index (χ4n) is 4.27. The van der Waals surface area contributed by atoms with Crippen LogP contribution in [0.15, 0.2) is 47.4 Å². The summed E-state index contributed by atoms with van der Waals surface area (Å²) < 4.78 is 27.8. The predicted molar refractivity (Wildman–Crippen MR) is 126 cm³/mol. The van der Waals surface area contributed by atoms with Gasteiger partial charge in [-0.2, -0.15) is 4.31 Å². The molecule has 1 heterocycles. The summed E-state index contributed by atoms with van der Waals surface area (Å²) in [6, 6.07) is 13.5. The van der Waals surface area contributed by atoms with Crippen molar-refractivity contribution in [2.45, 2.75) is 58.1 Å². The first kappa shape index (κ1) is 22.9. The summed E-state index contributed by atoms with van der Waals surface area (Å²) in [6.07, 6.45) is 2.17. The second kappa shape index (κ2) is 9.58. The summed E-state index contributed by atoms with van der Waals surface area (Å²) in [5.74, 6) is 0. The second-order valence-corrected chi connectivity index (χ2v) is 9.95. The molecule has 1 atom stereocenters. The molecule has 2 aromatic carbocycles. The smallest absolute Gasteiger partial charge is 0.243 e. The molecular formula is C23H32ClN3O2S. The fourth-order valence-corrected chi connectivity index (χ4v) is 5.87. The van der Waals surface area contributed by atoms with Crippen LogP contribution in [0.25, 0.3) is 0 Å². The van der Waals surface area contributed by atoms with Crippen molar-refractivity contribution in [3.8, 4) is 0 Å². The molecule has 0 saturated carbocycles. The van der Waals surface area contributed by atoms with Gasteiger partial charge in [-0.05, 0) is 48.7 Å². The van der Waals surface area contributed by atoms with E-state index in [4.69, 9.17) is 11.6 Å². The zero-order chi connectivity index (χ0) is 21.9. The van der Waals surface area contributed by atoms with Gasteiger partial charge in [-0.3, -0.25) is 0 Å². The summed E-state index contributed by atoms with van der Waals surface area (Å²) in [7, 11) is -3.51. The first-order valence-electron chi connectivity index (χ1n) is 10.8. The lowest BCUT2D eigenvalue weighted by Crippen LogP contribution is -2.42. The lowest BCUT2D eigenvalue weighted by molar-refractivity contribution is 0.445. The van der Waals surface area contributed by atoms with Gasteiger partial charge in [0.25, 0.3) is 0 Å². The number of sulfonamides is 1. The Bertz CT molecular complexity index is 959. The van der Waals surface area contributed by atoms with E-state index in [1.54, 1.807) is 6.07 Å². The van der Waals surface area contributed by atoms with Crippen LogP contribution in [0.3, 0.4) is 0 Å². The number of benzene rings is 2. The number of anilines is 2. The molecule has 7 heteroatoms. The third-order valence-electron chi connectivity index (χ3n) is 5.72. The molecule has 0 saturated heterocycles. The molecule has 3 rings (SSSR count). The summed E-state index contributed by atoms with van der Waals surface area (Å²) in [4.78, 5) is 5.09. The summed E-state index contributed by atoms with van der Waals surface area (Å²) in [5, 5.41) is 0.716. The number of hydrogen-bond donors (Lipinski definition) is 0. The van der Waals surface area contributed by atoms with Gasteiger partial charge in [0, 0.05) is 31.2 Å². The molecule has 0 amide bonds. The number of rotatable bonds is 9. The topological polar surface area (TPSA) is 43.9 Å². The van der Waals surface area contributed by atoms with Crippen LogP contribution in [0.1, 0.15) is 46.1 Å². The Kier molecular flexibility index (Phi) is 7.32. The first-order valence-corrected chi connectivity index (χ1v) is 12.6. The molecule has 1 aliphatic heterocycles. The maximum Gasteiger partial charge on any atom is 0.243 e. The maximum atomic E-state index is 13.1. The SMILES string of the molecule is CCCN1c2ccc(S(=O)(=O)N(CC)CC)cc2N(Cc2ccc(Cl)cc2)C1CC. The van der Waals surface area contributed by atoms with Gasteiger partial charge in [0.05, 0.1) is 16.3 Å². The molecule has 5 nitrogen and oxygen atoms in total. The average Bonchev–Trinajstić information content (AvgIpc) is 3.02. The van der Waals surface area contributed by atoms with Crippen LogP contribution in [-0.2, 0) is 16.6 Å². The van der Waals surface area contributed by atoms with Crippen LogP contribution >= 0.6 is 11.6 Å². The van der Waals surface area contributed by atoms with Gasteiger partial charge in [-0.25, -0.2) is 8.42 Å². The minimum atomic E-state index is -3.51. The number of nitrogens with zero attached hydrogens (tertiary/aromatic N) is 3. The molecular weight excluding hydrogens is 418 g/mol. The average molecular weight is 450 g/mol. The third kappa shape index (κ3) is 4.32. The molecule has 0 bridgehead atoms. The van der Waals surface area contributed by atoms with Crippen molar-refractivity contribution < 1.29 is 8.42 Å². The van der Waals surface area contributed by atoms with Gasteiger partial charge in [-0.1, -0.05) is 51.4 Å². The van der Waals surface area contributed by atoms with Gasteiger partial charge in [-0.15, -0.1) is 0 Å². The molecule has 1 unspecified atom stereocenters. The minimum Gasteiger partial charge on any atom is -0.350 e. The first-order chi connectivity index (χ1) is 14.4. The van der Waals surface area contributed by atoms with Crippen molar-refractivity contribution in [1.82, 2.24) is 4.31 Å². The van der Waals surface area contributed by atoms with E-state index in [-0.39, 0.29) is 6.17 Å². The molecule has 164 valence electrons. The third-order valence-corrected chi connectivity index (χ3v) is 8.02. The van der Waals surface area contributed by atoms with E-state index < -0.39 is 10.0 Å². The van der Waals surface area contributed by atoms with Crippen LogP contribution in [0.2, 0.25) is 5.02 Å². The van der Waals surface area contributed by atoms with Gasteiger partial charge in [0.2, 0.25) is 10.0 Å². The second-order valence-electron chi connectivity index (χ2n) is 7.58. The van der Waals surface area contributed by atoms with Crippen LogP contribution in [-0.4, -0.2) is 38.5 Å². The highest BCUT2D eigenvalue weighted by atomic mass is 35.5. The van der Waals surface area contributed by atoms with Gasteiger partial charge in [0.15, 0.2) is 0 Å². The Morgan fingerprint density at radius 3 is 2.17 bits per heavy atom. The quantitative estimate of drug-likeness (QED) is 0.518. The molecule has 0 fully saturated rings. The summed E-state index contributed by atoms with van der Waals surface area (Å²) in [5.41, 5.74) is 3.24. The van der Waals surface area contributed by atoms with Crippen molar-refractivity contribution in [3.63, 3.8) is 0 Å².